The lowest BCUT2D eigenvalue weighted by atomic mass is 10.2. The smallest absolute Gasteiger partial charge is 0.265 e. The van der Waals surface area contributed by atoms with Gasteiger partial charge in [-0.05, 0) is 43.3 Å². The average Bonchev–Trinajstić information content (AvgIpc) is 2.43. The molecule has 2 aromatic carbocycles. The monoisotopic (exact) mass is 308 g/mol. The maximum Gasteiger partial charge on any atom is 0.265 e. The molecule has 2 rings (SSSR count). The zero-order valence-corrected chi connectivity index (χ0v) is 12.0. The van der Waals surface area contributed by atoms with Gasteiger partial charge in [0.2, 0.25) is 0 Å². The van der Waals surface area contributed by atoms with Gasteiger partial charge in [-0.15, -0.1) is 0 Å². The summed E-state index contributed by atoms with van der Waals surface area (Å²) in [4.78, 5) is 12.0. The van der Waals surface area contributed by atoms with Gasteiger partial charge in [-0.25, -0.2) is 4.39 Å². The molecule has 1 amide bonds. The van der Waals surface area contributed by atoms with Gasteiger partial charge in [-0.1, -0.05) is 17.7 Å². The molecule has 2 aromatic rings. The van der Waals surface area contributed by atoms with E-state index in [-0.39, 0.29) is 5.69 Å². The van der Waals surface area contributed by atoms with Crippen LogP contribution in [0.5, 0.6) is 5.75 Å². The number of hydrogen-bond acceptors (Lipinski definition) is 3. The van der Waals surface area contributed by atoms with Crippen LogP contribution in [0.15, 0.2) is 42.5 Å². The molecule has 0 aliphatic heterocycles. The van der Waals surface area contributed by atoms with Gasteiger partial charge in [-0.2, -0.15) is 0 Å². The topological polar surface area (TPSA) is 64.3 Å². The summed E-state index contributed by atoms with van der Waals surface area (Å²) in [6, 6.07) is 10.8. The Balaban J connectivity index is 2.00. The molecule has 6 heteroatoms. The van der Waals surface area contributed by atoms with Gasteiger partial charge in [0.1, 0.15) is 11.6 Å². The number of carbonyl (C=O) groups excluding carboxylic acids is 1. The lowest BCUT2D eigenvalue weighted by Crippen LogP contribution is -2.30. The normalized spacial score (nSPS) is 11.8. The first-order valence-electron chi connectivity index (χ1n) is 6.24. The van der Waals surface area contributed by atoms with E-state index < -0.39 is 17.8 Å². The number of amides is 1. The molecule has 0 fully saturated rings. The van der Waals surface area contributed by atoms with Crippen molar-refractivity contribution in [2.45, 2.75) is 13.0 Å². The van der Waals surface area contributed by atoms with E-state index >= 15 is 0 Å². The predicted molar refractivity (Wildman–Crippen MR) is 81.0 cm³/mol. The Morgan fingerprint density at radius 1 is 1.33 bits per heavy atom. The second kappa shape index (κ2) is 6.45. The molecule has 110 valence electrons. The molecule has 0 aromatic heterocycles. The number of nitrogens with one attached hydrogen (secondary N) is 1. The molecule has 0 spiro atoms. The maximum atomic E-state index is 13.3. The minimum absolute atomic E-state index is 0.0243. The van der Waals surface area contributed by atoms with Crippen LogP contribution in [0.1, 0.15) is 6.92 Å². The Morgan fingerprint density at radius 2 is 2.10 bits per heavy atom. The fraction of sp³-hybridized carbons (Fsp3) is 0.133. The van der Waals surface area contributed by atoms with Crippen LogP contribution >= 0.6 is 11.6 Å². The minimum Gasteiger partial charge on any atom is -0.481 e. The highest BCUT2D eigenvalue weighted by Gasteiger charge is 2.15. The van der Waals surface area contributed by atoms with Gasteiger partial charge >= 0.3 is 0 Å². The van der Waals surface area contributed by atoms with Crippen LogP contribution in [-0.4, -0.2) is 12.0 Å². The molecule has 0 bridgehead atoms. The minimum atomic E-state index is -0.760. The number of hydrogen-bond donors (Lipinski definition) is 2. The SMILES string of the molecule is CC(Oc1cccc(Cl)c1)C(=O)Nc1ccc(N)c(F)c1. The lowest BCUT2D eigenvalue weighted by Gasteiger charge is -2.15. The summed E-state index contributed by atoms with van der Waals surface area (Å²) in [5.74, 6) is -0.510. The van der Waals surface area contributed by atoms with Gasteiger partial charge in [-0.3, -0.25) is 4.79 Å². The van der Waals surface area contributed by atoms with E-state index in [9.17, 15) is 9.18 Å². The largest absolute Gasteiger partial charge is 0.481 e. The van der Waals surface area contributed by atoms with Gasteiger partial charge in [0, 0.05) is 10.7 Å². The van der Waals surface area contributed by atoms with Crippen LogP contribution in [0.2, 0.25) is 5.02 Å². The first kappa shape index (κ1) is 15.1. The molecular formula is C15H14ClFN2O2. The Kier molecular flexibility index (Phi) is 4.65. The molecule has 3 N–H and O–H groups in total. The summed E-state index contributed by atoms with van der Waals surface area (Å²) in [6.45, 7) is 1.59. The summed E-state index contributed by atoms with van der Waals surface area (Å²) in [5.41, 5.74) is 5.71. The van der Waals surface area contributed by atoms with E-state index in [2.05, 4.69) is 5.32 Å². The second-order valence-electron chi connectivity index (χ2n) is 4.44. The van der Waals surface area contributed by atoms with Crippen molar-refractivity contribution in [3.63, 3.8) is 0 Å². The van der Waals surface area contributed by atoms with Gasteiger partial charge in [0.15, 0.2) is 6.10 Å². The van der Waals surface area contributed by atoms with Crippen molar-refractivity contribution in [2.24, 2.45) is 0 Å². The fourth-order valence-corrected chi connectivity index (χ4v) is 1.83. The fourth-order valence-electron chi connectivity index (χ4n) is 1.65. The molecule has 0 heterocycles. The van der Waals surface area contributed by atoms with Crippen LogP contribution in [0.3, 0.4) is 0 Å². The Morgan fingerprint density at radius 3 is 2.76 bits per heavy atom. The number of carbonyl (C=O) groups is 1. The number of rotatable bonds is 4. The van der Waals surface area contributed by atoms with E-state index in [1.165, 1.54) is 12.1 Å². The van der Waals surface area contributed by atoms with E-state index in [0.29, 0.717) is 16.5 Å². The van der Waals surface area contributed by atoms with Crippen molar-refractivity contribution < 1.29 is 13.9 Å². The maximum absolute atomic E-state index is 13.3. The van der Waals surface area contributed by atoms with Crippen LogP contribution in [0.25, 0.3) is 0 Å². The summed E-state index contributed by atoms with van der Waals surface area (Å²) in [6.07, 6.45) is -0.760. The Hall–Kier alpha value is -2.27. The summed E-state index contributed by atoms with van der Waals surface area (Å²) in [7, 11) is 0. The van der Waals surface area contributed by atoms with Crippen molar-refractivity contribution in [3.05, 3.63) is 53.3 Å². The van der Waals surface area contributed by atoms with E-state index in [1.54, 1.807) is 31.2 Å². The van der Waals surface area contributed by atoms with Gasteiger partial charge in [0.25, 0.3) is 5.91 Å². The third kappa shape index (κ3) is 4.10. The van der Waals surface area contributed by atoms with Crippen LogP contribution in [0.4, 0.5) is 15.8 Å². The molecule has 1 atom stereocenters. The van der Waals surface area contributed by atoms with Gasteiger partial charge in [0.05, 0.1) is 5.69 Å². The highest BCUT2D eigenvalue weighted by Crippen LogP contribution is 2.19. The van der Waals surface area contributed by atoms with Crippen molar-refractivity contribution in [1.82, 2.24) is 0 Å². The van der Waals surface area contributed by atoms with Crippen LogP contribution < -0.4 is 15.8 Å². The van der Waals surface area contributed by atoms with Crippen molar-refractivity contribution in [3.8, 4) is 5.75 Å². The van der Waals surface area contributed by atoms with Crippen molar-refractivity contribution >= 4 is 28.9 Å². The van der Waals surface area contributed by atoms with E-state index in [4.69, 9.17) is 22.1 Å². The number of benzene rings is 2. The van der Waals surface area contributed by atoms with E-state index in [1.807, 2.05) is 0 Å². The Labute approximate surface area is 126 Å². The lowest BCUT2D eigenvalue weighted by molar-refractivity contribution is -0.122. The molecule has 4 nitrogen and oxygen atoms in total. The zero-order valence-electron chi connectivity index (χ0n) is 11.3. The number of halogens is 2. The number of nitrogen functional groups attached to an aromatic ring is 1. The van der Waals surface area contributed by atoms with Crippen LogP contribution in [-0.2, 0) is 4.79 Å². The van der Waals surface area contributed by atoms with Crippen molar-refractivity contribution in [1.29, 1.82) is 0 Å². The molecule has 0 aliphatic carbocycles. The third-order valence-electron chi connectivity index (χ3n) is 2.75. The molecule has 0 saturated heterocycles. The standard InChI is InChI=1S/C15H14ClFN2O2/c1-9(21-12-4-2-3-10(16)7-12)15(20)19-11-5-6-14(18)13(17)8-11/h2-9H,18H2,1H3,(H,19,20). The van der Waals surface area contributed by atoms with Gasteiger partial charge < -0.3 is 15.8 Å². The van der Waals surface area contributed by atoms with E-state index in [0.717, 1.165) is 6.07 Å². The van der Waals surface area contributed by atoms with Crippen molar-refractivity contribution in [2.75, 3.05) is 11.1 Å². The number of ether oxygens (including phenoxy) is 1. The third-order valence-corrected chi connectivity index (χ3v) is 2.98. The second-order valence-corrected chi connectivity index (χ2v) is 4.88. The summed E-state index contributed by atoms with van der Waals surface area (Å²) >= 11 is 5.84. The Bertz CT molecular complexity index is 664. The first-order valence-corrected chi connectivity index (χ1v) is 6.61. The molecule has 0 aliphatic rings. The average molecular weight is 309 g/mol. The number of nitrogens with two attached hydrogens (primary N) is 1. The molecule has 1 unspecified atom stereocenters. The zero-order chi connectivity index (χ0) is 15.4. The molecule has 0 radical (unpaired) electrons. The highest BCUT2D eigenvalue weighted by molar-refractivity contribution is 6.30. The molecule has 21 heavy (non-hydrogen) atoms. The predicted octanol–water partition coefficient (Wildman–Crippen LogP) is 3.47. The molecular weight excluding hydrogens is 295 g/mol. The summed E-state index contributed by atoms with van der Waals surface area (Å²) < 4.78 is 18.8. The molecule has 0 saturated carbocycles. The highest BCUT2D eigenvalue weighted by atomic mass is 35.5. The first-order chi connectivity index (χ1) is 9.95. The number of anilines is 2. The summed E-state index contributed by atoms with van der Waals surface area (Å²) in [5, 5.41) is 3.07. The quantitative estimate of drug-likeness (QED) is 0.850. The van der Waals surface area contributed by atoms with Crippen LogP contribution in [0, 0.1) is 5.82 Å².